The maximum absolute atomic E-state index is 11.6. The third-order valence-electron chi connectivity index (χ3n) is 2.07. The molecule has 90 valence electrons. The maximum atomic E-state index is 11.6. The van der Waals surface area contributed by atoms with E-state index in [1.54, 1.807) is 0 Å². The zero-order valence-corrected chi connectivity index (χ0v) is 12.0. The van der Waals surface area contributed by atoms with Gasteiger partial charge in [-0.2, -0.15) is 0 Å². The molecule has 1 heterocycles. The Morgan fingerprint density at radius 3 is 2.75 bits per heavy atom. The van der Waals surface area contributed by atoms with E-state index < -0.39 is 0 Å². The van der Waals surface area contributed by atoms with E-state index in [0.717, 1.165) is 12.1 Å². The predicted octanol–water partition coefficient (Wildman–Crippen LogP) is 2.42. The number of nitrogens with zero attached hydrogens (tertiary/aromatic N) is 1. The first-order valence-electron chi connectivity index (χ1n) is 5.42. The van der Waals surface area contributed by atoms with Crippen LogP contribution in [0.15, 0.2) is 4.79 Å². The van der Waals surface area contributed by atoms with Gasteiger partial charge in [0, 0.05) is 6.61 Å². The molecule has 0 saturated heterocycles. The molecule has 0 atom stereocenters. The topological polar surface area (TPSA) is 55.0 Å². The van der Waals surface area contributed by atoms with E-state index in [2.05, 4.69) is 9.97 Å². The van der Waals surface area contributed by atoms with Crippen LogP contribution in [0.5, 0.6) is 0 Å². The Morgan fingerprint density at radius 2 is 2.19 bits per heavy atom. The van der Waals surface area contributed by atoms with E-state index in [9.17, 15) is 4.79 Å². The van der Waals surface area contributed by atoms with Gasteiger partial charge in [0.1, 0.15) is 12.4 Å². The molecule has 0 radical (unpaired) electrons. The summed E-state index contributed by atoms with van der Waals surface area (Å²) in [6.07, 6.45) is 0.964. The Labute approximate surface area is 109 Å². The summed E-state index contributed by atoms with van der Waals surface area (Å²) in [5.41, 5.74) is 0.772. The van der Waals surface area contributed by atoms with Crippen LogP contribution >= 0.6 is 22.6 Å². The standard InChI is InChI=1S/C11H17IN2O2/c1-4-5-16-6-8-13-10(7(2)3)9(12)11(15)14-8/h7H,4-6H2,1-3H3,(H,13,14,15). The van der Waals surface area contributed by atoms with Crippen molar-refractivity contribution in [2.45, 2.75) is 39.7 Å². The molecule has 1 aromatic rings. The lowest BCUT2D eigenvalue weighted by Crippen LogP contribution is -2.19. The minimum absolute atomic E-state index is 0.0746. The molecule has 1 N–H and O–H groups in total. The summed E-state index contributed by atoms with van der Waals surface area (Å²) in [4.78, 5) is 18.8. The molecule has 0 unspecified atom stereocenters. The predicted molar refractivity (Wildman–Crippen MR) is 71.6 cm³/mol. The molecule has 4 nitrogen and oxygen atoms in total. The molecule has 5 heteroatoms. The minimum atomic E-state index is -0.0746. The average Bonchev–Trinajstić information content (AvgIpc) is 2.23. The van der Waals surface area contributed by atoms with Gasteiger partial charge in [0.25, 0.3) is 5.56 Å². The van der Waals surface area contributed by atoms with Crippen molar-refractivity contribution in [3.63, 3.8) is 0 Å². The number of ether oxygens (including phenoxy) is 1. The van der Waals surface area contributed by atoms with Gasteiger partial charge in [0.05, 0.1) is 9.26 Å². The summed E-state index contributed by atoms with van der Waals surface area (Å²) in [6, 6.07) is 0. The third-order valence-corrected chi connectivity index (χ3v) is 3.11. The maximum Gasteiger partial charge on any atom is 0.264 e. The van der Waals surface area contributed by atoms with Crippen molar-refractivity contribution in [3.8, 4) is 0 Å². The summed E-state index contributed by atoms with van der Waals surface area (Å²) in [5, 5.41) is 0. The lowest BCUT2D eigenvalue weighted by Gasteiger charge is -2.09. The molecular formula is C11H17IN2O2. The van der Waals surface area contributed by atoms with Crippen molar-refractivity contribution in [3.05, 3.63) is 25.4 Å². The highest BCUT2D eigenvalue weighted by Crippen LogP contribution is 2.15. The number of hydrogen-bond donors (Lipinski definition) is 1. The minimum Gasteiger partial charge on any atom is -0.374 e. The van der Waals surface area contributed by atoms with Crippen LogP contribution in [0, 0.1) is 3.57 Å². The molecule has 0 bridgehead atoms. The van der Waals surface area contributed by atoms with Gasteiger partial charge in [-0.3, -0.25) is 4.79 Å². The largest absolute Gasteiger partial charge is 0.374 e. The van der Waals surface area contributed by atoms with Gasteiger partial charge >= 0.3 is 0 Å². The van der Waals surface area contributed by atoms with E-state index >= 15 is 0 Å². The Kier molecular flexibility index (Phi) is 5.40. The normalized spacial score (nSPS) is 11.1. The van der Waals surface area contributed by atoms with Crippen LogP contribution in [0.4, 0.5) is 0 Å². The first kappa shape index (κ1) is 13.6. The molecule has 0 aliphatic carbocycles. The number of rotatable bonds is 5. The molecule has 0 fully saturated rings. The summed E-state index contributed by atoms with van der Waals surface area (Å²) in [6.45, 7) is 7.16. The van der Waals surface area contributed by atoms with Crippen LogP contribution in [0.2, 0.25) is 0 Å². The highest BCUT2D eigenvalue weighted by atomic mass is 127. The molecular weight excluding hydrogens is 319 g/mol. The second-order valence-electron chi connectivity index (χ2n) is 3.92. The number of hydrogen-bond acceptors (Lipinski definition) is 3. The van der Waals surface area contributed by atoms with Crippen molar-refractivity contribution in [1.29, 1.82) is 0 Å². The number of aromatic amines is 1. The van der Waals surface area contributed by atoms with Crippen LogP contribution in [0.3, 0.4) is 0 Å². The fourth-order valence-electron chi connectivity index (χ4n) is 1.29. The molecule has 0 saturated carbocycles. The van der Waals surface area contributed by atoms with Gasteiger partial charge in [0.15, 0.2) is 0 Å². The third kappa shape index (κ3) is 3.55. The highest BCUT2D eigenvalue weighted by Gasteiger charge is 2.11. The first-order chi connectivity index (χ1) is 7.56. The smallest absolute Gasteiger partial charge is 0.264 e. The number of nitrogens with one attached hydrogen (secondary N) is 1. The molecule has 0 spiro atoms. The van der Waals surface area contributed by atoms with Crippen LogP contribution < -0.4 is 5.56 Å². The van der Waals surface area contributed by atoms with E-state index in [1.165, 1.54) is 0 Å². The van der Waals surface area contributed by atoms with Crippen LogP contribution in [0.1, 0.15) is 44.6 Å². The number of aromatic nitrogens is 2. The first-order valence-corrected chi connectivity index (χ1v) is 6.50. The monoisotopic (exact) mass is 336 g/mol. The second kappa shape index (κ2) is 6.34. The Morgan fingerprint density at radius 1 is 1.50 bits per heavy atom. The van der Waals surface area contributed by atoms with Crippen LogP contribution in [-0.4, -0.2) is 16.6 Å². The molecule has 16 heavy (non-hydrogen) atoms. The summed E-state index contributed by atoms with van der Waals surface area (Å²) < 4.78 is 6.04. The fourth-order valence-corrected chi connectivity index (χ4v) is 2.17. The summed E-state index contributed by atoms with van der Waals surface area (Å²) in [5.74, 6) is 0.863. The lowest BCUT2D eigenvalue weighted by atomic mass is 10.1. The lowest BCUT2D eigenvalue weighted by molar-refractivity contribution is 0.115. The van der Waals surface area contributed by atoms with Gasteiger partial charge in [-0.25, -0.2) is 4.98 Å². The Bertz CT molecular complexity index is 401. The van der Waals surface area contributed by atoms with Crippen molar-refractivity contribution in [2.24, 2.45) is 0 Å². The van der Waals surface area contributed by atoms with E-state index in [-0.39, 0.29) is 11.5 Å². The Hall–Kier alpha value is -0.430. The number of H-pyrrole nitrogens is 1. The van der Waals surface area contributed by atoms with Gasteiger partial charge in [-0.05, 0) is 34.9 Å². The van der Waals surface area contributed by atoms with Crippen molar-refractivity contribution < 1.29 is 4.74 Å². The van der Waals surface area contributed by atoms with Crippen molar-refractivity contribution in [2.75, 3.05) is 6.61 Å². The average molecular weight is 336 g/mol. The molecule has 1 aromatic heterocycles. The zero-order chi connectivity index (χ0) is 12.1. The molecule has 0 aliphatic heterocycles. The van der Waals surface area contributed by atoms with E-state index in [4.69, 9.17) is 4.74 Å². The highest BCUT2D eigenvalue weighted by molar-refractivity contribution is 14.1. The van der Waals surface area contributed by atoms with Gasteiger partial charge in [-0.1, -0.05) is 20.8 Å². The SMILES string of the molecule is CCCOCc1nc(C(C)C)c(I)c(=O)[nH]1. The number of halogens is 1. The van der Waals surface area contributed by atoms with Gasteiger partial charge in [-0.15, -0.1) is 0 Å². The van der Waals surface area contributed by atoms with Crippen molar-refractivity contribution >= 4 is 22.6 Å². The van der Waals surface area contributed by atoms with Crippen LogP contribution in [0.25, 0.3) is 0 Å². The summed E-state index contributed by atoms with van der Waals surface area (Å²) in [7, 11) is 0. The van der Waals surface area contributed by atoms with E-state index in [0.29, 0.717) is 22.6 Å². The van der Waals surface area contributed by atoms with Gasteiger partial charge < -0.3 is 9.72 Å². The van der Waals surface area contributed by atoms with E-state index in [1.807, 2.05) is 43.4 Å². The zero-order valence-electron chi connectivity index (χ0n) is 9.84. The summed E-state index contributed by atoms with van der Waals surface area (Å²) >= 11 is 2.03. The van der Waals surface area contributed by atoms with Crippen LogP contribution in [-0.2, 0) is 11.3 Å². The Balaban J connectivity index is 2.91. The fraction of sp³-hybridized carbons (Fsp3) is 0.636. The second-order valence-corrected chi connectivity index (χ2v) is 5.00. The van der Waals surface area contributed by atoms with Gasteiger partial charge in [0.2, 0.25) is 0 Å². The molecule has 0 aromatic carbocycles. The molecule has 0 aliphatic rings. The molecule has 1 rings (SSSR count). The van der Waals surface area contributed by atoms with Crippen molar-refractivity contribution in [1.82, 2.24) is 9.97 Å². The molecule has 0 amide bonds. The quantitative estimate of drug-likeness (QED) is 0.664.